The second kappa shape index (κ2) is 8.96. The molecule has 0 saturated carbocycles. The van der Waals surface area contributed by atoms with Crippen molar-refractivity contribution in [3.8, 4) is 0 Å². The number of ketones is 1. The summed E-state index contributed by atoms with van der Waals surface area (Å²) in [5.41, 5.74) is 0.369. The molecule has 0 spiro atoms. The van der Waals surface area contributed by atoms with Crippen LogP contribution in [0.15, 0.2) is 18.6 Å². The maximum atomic E-state index is 11.7. The molecule has 2 rings (SSSR count). The van der Waals surface area contributed by atoms with Crippen molar-refractivity contribution in [3.63, 3.8) is 0 Å². The highest BCUT2D eigenvalue weighted by molar-refractivity contribution is 5.94. The summed E-state index contributed by atoms with van der Waals surface area (Å²) in [7, 11) is 0. The van der Waals surface area contributed by atoms with Crippen molar-refractivity contribution >= 4 is 18.2 Å². The number of ether oxygens (including phenoxy) is 1. The second-order valence-electron chi connectivity index (χ2n) is 4.50. The van der Waals surface area contributed by atoms with E-state index in [4.69, 9.17) is 4.74 Å². The van der Waals surface area contributed by atoms with E-state index in [9.17, 15) is 4.79 Å². The first-order chi connectivity index (χ1) is 8.86. The Morgan fingerprint density at radius 3 is 3.00 bits per heavy atom. The van der Waals surface area contributed by atoms with Gasteiger partial charge in [-0.2, -0.15) is 0 Å². The highest BCUT2D eigenvalue weighted by atomic mass is 35.5. The highest BCUT2D eigenvalue weighted by Gasteiger charge is 2.12. The van der Waals surface area contributed by atoms with E-state index in [1.807, 2.05) is 0 Å². The molecular formula is C13H20ClN3O2. The van der Waals surface area contributed by atoms with Crippen LogP contribution in [0.2, 0.25) is 0 Å². The van der Waals surface area contributed by atoms with Gasteiger partial charge in [0.1, 0.15) is 12.3 Å². The van der Waals surface area contributed by atoms with E-state index in [2.05, 4.69) is 15.3 Å². The maximum absolute atomic E-state index is 11.7. The first-order valence-electron chi connectivity index (χ1n) is 6.46. The average Bonchev–Trinajstić information content (AvgIpc) is 2.45. The zero-order valence-electron chi connectivity index (χ0n) is 10.9. The van der Waals surface area contributed by atoms with Crippen molar-refractivity contribution in [2.45, 2.75) is 31.7 Å². The van der Waals surface area contributed by atoms with Crippen LogP contribution in [0.3, 0.4) is 0 Å². The zero-order valence-corrected chi connectivity index (χ0v) is 11.7. The van der Waals surface area contributed by atoms with E-state index in [0.717, 1.165) is 13.0 Å². The predicted octanol–water partition coefficient (Wildman–Crippen LogP) is 1.63. The number of Topliss-reactive ketones (excluding diaryl/α,β-unsaturated/α-hetero) is 1. The first-order valence-corrected chi connectivity index (χ1v) is 6.46. The van der Waals surface area contributed by atoms with Gasteiger partial charge in [-0.25, -0.2) is 4.98 Å². The Hall–Kier alpha value is -1.04. The van der Waals surface area contributed by atoms with Gasteiger partial charge in [0.2, 0.25) is 5.78 Å². The Morgan fingerprint density at radius 2 is 2.32 bits per heavy atom. The summed E-state index contributed by atoms with van der Waals surface area (Å²) in [6, 6.07) is 0.547. The third-order valence-corrected chi connectivity index (χ3v) is 3.11. The molecule has 1 saturated heterocycles. The van der Waals surface area contributed by atoms with E-state index in [1.54, 1.807) is 6.20 Å². The first kappa shape index (κ1) is 16.0. The van der Waals surface area contributed by atoms with Crippen LogP contribution in [-0.4, -0.2) is 41.6 Å². The number of halogens is 1. The molecule has 1 unspecified atom stereocenters. The van der Waals surface area contributed by atoms with Gasteiger partial charge in [-0.05, 0) is 25.8 Å². The summed E-state index contributed by atoms with van der Waals surface area (Å²) in [6.07, 6.45) is 9.26. The summed E-state index contributed by atoms with van der Waals surface area (Å²) in [5.74, 6) is -0.111. The molecule has 0 aliphatic carbocycles. The normalized spacial score (nSPS) is 18.6. The SMILES string of the molecule is Cl.O=C(COCCC1CCCCN1)c1cnccn1. The lowest BCUT2D eigenvalue weighted by molar-refractivity contribution is 0.0731. The van der Waals surface area contributed by atoms with E-state index in [0.29, 0.717) is 18.3 Å². The smallest absolute Gasteiger partial charge is 0.208 e. The molecule has 0 amide bonds. The zero-order chi connectivity index (χ0) is 12.6. The maximum Gasteiger partial charge on any atom is 0.208 e. The van der Waals surface area contributed by atoms with Crippen LogP contribution in [0.5, 0.6) is 0 Å². The van der Waals surface area contributed by atoms with E-state index >= 15 is 0 Å². The van der Waals surface area contributed by atoms with Gasteiger partial charge in [-0.1, -0.05) is 6.42 Å². The summed E-state index contributed by atoms with van der Waals surface area (Å²) >= 11 is 0. The van der Waals surface area contributed by atoms with Crippen molar-refractivity contribution in [1.29, 1.82) is 0 Å². The Morgan fingerprint density at radius 1 is 1.42 bits per heavy atom. The van der Waals surface area contributed by atoms with Crippen LogP contribution in [0, 0.1) is 0 Å². The number of hydrogen-bond acceptors (Lipinski definition) is 5. The number of rotatable bonds is 6. The van der Waals surface area contributed by atoms with E-state index < -0.39 is 0 Å². The Kier molecular flexibility index (Phi) is 7.55. The third kappa shape index (κ3) is 5.63. The lowest BCUT2D eigenvalue weighted by atomic mass is 10.0. The van der Waals surface area contributed by atoms with Crippen LogP contribution in [-0.2, 0) is 4.74 Å². The summed E-state index contributed by atoms with van der Waals surface area (Å²) in [4.78, 5) is 19.5. The second-order valence-corrected chi connectivity index (χ2v) is 4.50. The van der Waals surface area contributed by atoms with Gasteiger partial charge in [0.25, 0.3) is 0 Å². The van der Waals surface area contributed by atoms with Gasteiger partial charge in [0.15, 0.2) is 0 Å². The Balaban J connectivity index is 0.00000180. The summed E-state index contributed by atoms with van der Waals surface area (Å²) < 4.78 is 5.40. The van der Waals surface area contributed by atoms with Crippen LogP contribution >= 0.6 is 12.4 Å². The molecule has 1 fully saturated rings. The molecule has 1 aliphatic rings. The topological polar surface area (TPSA) is 64.1 Å². The van der Waals surface area contributed by atoms with Crippen molar-refractivity contribution < 1.29 is 9.53 Å². The molecule has 2 heterocycles. The standard InChI is InChI=1S/C13H19N3O2.ClH/c17-13(12-9-14-6-7-16-12)10-18-8-4-11-3-1-2-5-15-11;/h6-7,9,11,15H,1-5,8,10H2;1H. The van der Waals surface area contributed by atoms with Gasteiger partial charge in [0.05, 0.1) is 6.20 Å². The molecule has 1 N–H and O–H groups in total. The number of carbonyl (C=O) groups excluding carboxylic acids is 1. The summed E-state index contributed by atoms with van der Waals surface area (Å²) in [5, 5.41) is 3.45. The van der Waals surface area contributed by atoms with Crippen LogP contribution < -0.4 is 5.32 Å². The van der Waals surface area contributed by atoms with Crippen LogP contribution in [0.4, 0.5) is 0 Å². The molecule has 1 atom stereocenters. The van der Waals surface area contributed by atoms with Gasteiger partial charge < -0.3 is 10.1 Å². The summed E-state index contributed by atoms with van der Waals surface area (Å²) in [6.45, 7) is 1.80. The van der Waals surface area contributed by atoms with E-state index in [1.165, 1.54) is 31.7 Å². The highest BCUT2D eigenvalue weighted by Crippen LogP contribution is 2.09. The quantitative estimate of drug-likeness (QED) is 0.636. The number of nitrogens with one attached hydrogen (secondary N) is 1. The molecule has 5 nitrogen and oxygen atoms in total. The van der Waals surface area contributed by atoms with Gasteiger partial charge >= 0.3 is 0 Å². The molecule has 0 bridgehead atoms. The van der Waals surface area contributed by atoms with Gasteiger partial charge in [-0.15, -0.1) is 12.4 Å². The number of nitrogens with zero attached hydrogens (tertiary/aromatic N) is 2. The fourth-order valence-corrected chi connectivity index (χ4v) is 2.08. The molecular weight excluding hydrogens is 266 g/mol. The minimum Gasteiger partial charge on any atom is -0.373 e. The van der Waals surface area contributed by atoms with Crippen molar-refractivity contribution in [1.82, 2.24) is 15.3 Å². The molecule has 106 valence electrons. The lowest BCUT2D eigenvalue weighted by Gasteiger charge is -2.23. The average molecular weight is 286 g/mol. The van der Waals surface area contributed by atoms with E-state index in [-0.39, 0.29) is 24.8 Å². The Labute approximate surface area is 119 Å². The van der Waals surface area contributed by atoms with Crippen LogP contribution in [0.1, 0.15) is 36.2 Å². The molecule has 19 heavy (non-hydrogen) atoms. The molecule has 1 aliphatic heterocycles. The number of aromatic nitrogens is 2. The monoisotopic (exact) mass is 285 g/mol. The third-order valence-electron chi connectivity index (χ3n) is 3.11. The van der Waals surface area contributed by atoms with Crippen molar-refractivity contribution in [2.24, 2.45) is 0 Å². The minimum atomic E-state index is -0.111. The van der Waals surface area contributed by atoms with Crippen molar-refractivity contribution in [3.05, 3.63) is 24.3 Å². The van der Waals surface area contributed by atoms with Crippen molar-refractivity contribution in [2.75, 3.05) is 19.8 Å². The van der Waals surface area contributed by atoms with Gasteiger partial charge in [-0.3, -0.25) is 9.78 Å². The van der Waals surface area contributed by atoms with Crippen LogP contribution in [0.25, 0.3) is 0 Å². The molecule has 1 aromatic rings. The number of hydrogen-bond donors (Lipinski definition) is 1. The molecule has 0 aromatic carbocycles. The fraction of sp³-hybridized carbons (Fsp3) is 0.615. The molecule has 1 aromatic heterocycles. The predicted molar refractivity (Wildman–Crippen MR) is 74.7 cm³/mol. The number of piperidine rings is 1. The molecule has 0 radical (unpaired) electrons. The van der Waals surface area contributed by atoms with Gasteiger partial charge in [0, 0.05) is 25.0 Å². The minimum absolute atomic E-state index is 0. The lowest BCUT2D eigenvalue weighted by Crippen LogP contribution is -2.34. The Bertz CT molecular complexity index is 369. The molecule has 6 heteroatoms. The fourth-order valence-electron chi connectivity index (χ4n) is 2.08. The largest absolute Gasteiger partial charge is 0.373 e. The number of carbonyl (C=O) groups is 1.